The number of alkyl carbamates (subject to hydrolysis) is 1. The number of aliphatic hydroxyl groups excluding tert-OH is 2. The molecule has 7 nitrogen and oxygen atoms in total. The van der Waals surface area contributed by atoms with E-state index in [4.69, 9.17) is 4.74 Å². The van der Waals surface area contributed by atoms with Gasteiger partial charge in [-0.1, -0.05) is 30.3 Å². The van der Waals surface area contributed by atoms with Crippen molar-refractivity contribution in [1.82, 2.24) is 5.32 Å². The second-order valence-electron chi connectivity index (χ2n) is 6.06. The molecule has 0 saturated heterocycles. The van der Waals surface area contributed by atoms with Crippen LogP contribution in [0.5, 0.6) is 11.5 Å². The number of halogens is 3. The van der Waals surface area contributed by atoms with E-state index in [1.54, 1.807) is 24.3 Å². The number of ether oxygens (including phenoxy) is 2. The molecular weight excluding hydrogens is 395 g/mol. The Hall–Kier alpha value is -2.98. The molecule has 29 heavy (non-hydrogen) atoms. The number of hydrogen-bond acceptors (Lipinski definition) is 6. The molecule has 0 saturated carbocycles. The molecule has 0 aliphatic rings. The second kappa shape index (κ2) is 9.99. The van der Waals surface area contributed by atoms with Gasteiger partial charge in [-0.15, -0.1) is 13.2 Å². The first kappa shape index (κ1) is 22.3. The van der Waals surface area contributed by atoms with Crippen LogP contribution in [0.2, 0.25) is 0 Å². The third kappa shape index (κ3) is 7.51. The SMILES string of the molecule is O=C(NCCC(O)C(O)c1ccc(OC(F)(F)F)cc1O)OCc1ccccc1. The fourth-order valence-electron chi connectivity index (χ4n) is 2.43. The molecule has 0 spiro atoms. The summed E-state index contributed by atoms with van der Waals surface area (Å²) in [5.74, 6) is -1.34. The van der Waals surface area contributed by atoms with Gasteiger partial charge in [0.2, 0.25) is 0 Å². The van der Waals surface area contributed by atoms with Gasteiger partial charge in [0.15, 0.2) is 0 Å². The fourth-order valence-corrected chi connectivity index (χ4v) is 2.43. The number of alkyl halides is 3. The van der Waals surface area contributed by atoms with Gasteiger partial charge in [0.05, 0.1) is 6.10 Å². The number of benzene rings is 2. The number of nitrogens with one attached hydrogen (secondary N) is 1. The van der Waals surface area contributed by atoms with Gasteiger partial charge in [-0.2, -0.15) is 0 Å². The van der Waals surface area contributed by atoms with Crippen molar-refractivity contribution in [1.29, 1.82) is 0 Å². The molecule has 2 rings (SSSR count). The summed E-state index contributed by atoms with van der Waals surface area (Å²) in [6.45, 7) is 0.0277. The van der Waals surface area contributed by atoms with Gasteiger partial charge in [0.1, 0.15) is 24.2 Å². The Morgan fingerprint density at radius 3 is 2.41 bits per heavy atom. The number of carbonyl (C=O) groups excluding carboxylic acids is 1. The largest absolute Gasteiger partial charge is 0.573 e. The molecule has 0 aliphatic carbocycles. The monoisotopic (exact) mass is 415 g/mol. The summed E-state index contributed by atoms with van der Waals surface area (Å²) in [5, 5.41) is 32.3. The van der Waals surface area contributed by atoms with Gasteiger partial charge in [0.25, 0.3) is 0 Å². The highest BCUT2D eigenvalue weighted by molar-refractivity contribution is 5.67. The molecule has 0 heterocycles. The molecule has 2 aromatic rings. The third-order valence-electron chi connectivity index (χ3n) is 3.84. The first-order valence-electron chi connectivity index (χ1n) is 8.55. The summed E-state index contributed by atoms with van der Waals surface area (Å²) in [5.41, 5.74) is 0.616. The predicted molar refractivity (Wildman–Crippen MR) is 95.0 cm³/mol. The Kier molecular flexibility index (Phi) is 7.68. The van der Waals surface area contributed by atoms with Crippen molar-refractivity contribution in [3.05, 3.63) is 59.7 Å². The smallest absolute Gasteiger partial charge is 0.507 e. The maximum Gasteiger partial charge on any atom is 0.573 e. The number of amides is 1. The van der Waals surface area contributed by atoms with Crippen LogP contribution in [0.4, 0.5) is 18.0 Å². The number of phenols is 1. The van der Waals surface area contributed by atoms with E-state index in [9.17, 15) is 33.3 Å². The highest BCUT2D eigenvalue weighted by Gasteiger charge is 2.31. The molecule has 1 amide bonds. The van der Waals surface area contributed by atoms with E-state index in [0.717, 1.165) is 17.7 Å². The highest BCUT2D eigenvalue weighted by Crippen LogP contribution is 2.33. The molecule has 0 bridgehead atoms. The summed E-state index contributed by atoms with van der Waals surface area (Å²) in [6, 6.07) is 11.6. The summed E-state index contributed by atoms with van der Waals surface area (Å²) < 4.78 is 45.2. The molecular formula is C19H20F3NO6. The van der Waals surface area contributed by atoms with E-state index in [2.05, 4.69) is 10.1 Å². The van der Waals surface area contributed by atoms with Crippen LogP contribution in [0.1, 0.15) is 23.7 Å². The molecule has 0 radical (unpaired) electrons. The van der Waals surface area contributed by atoms with E-state index in [1.165, 1.54) is 0 Å². The first-order valence-corrected chi connectivity index (χ1v) is 8.55. The molecule has 2 aromatic carbocycles. The molecule has 4 N–H and O–H groups in total. The van der Waals surface area contributed by atoms with Gasteiger partial charge in [-0.05, 0) is 24.1 Å². The van der Waals surface area contributed by atoms with Crippen LogP contribution in [0.15, 0.2) is 48.5 Å². The number of carbonyl (C=O) groups is 1. The third-order valence-corrected chi connectivity index (χ3v) is 3.84. The van der Waals surface area contributed by atoms with Crippen LogP contribution in [-0.2, 0) is 11.3 Å². The van der Waals surface area contributed by atoms with Gasteiger partial charge >= 0.3 is 12.5 Å². The van der Waals surface area contributed by atoms with Gasteiger partial charge in [-0.3, -0.25) is 0 Å². The molecule has 0 aliphatic heterocycles. The van der Waals surface area contributed by atoms with E-state index < -0.39 is 36.2 Å². The van der Waals surface area contributed by atoms with Crippen molar-refractivity contribution in [2.45, 2.75) is 31.6 Å². The molecule has 2 unspecified atom stereocenters. The van der Waals surface area contributed by atoms with Crippen molar-refractivity contribution in [2.24, 2.45) is 0 Å². The summed E-state index contributed by atoms with van der Waals surface area (Å²) in [4.78, 5) is 11.6. The van der Waals surface area contributed by atoms with E-state index in [-0.39, 0.29) is 25.1 Å². The maximum absolute atomic E-state index is 12.2. The fraction of sp³-hybridized carbons (Fsp3) is 0.316. The molecule has 0 aromatic heterocycles. The van der Waals surface area contributed by atoms with Crippen LogP contribution < -0.4 is 10.1 Å². The molecule has 10 heteroatoms. The van der Waals surface area contributed by atoms with Crippen molar-refractivity contribution >= 4 is 6.09 Å². The summed E-state index contributed by atoms with van der Waals surface area (Å²) in [7, 11) is 0. The lowest BCUT2D eigenvalue weighted by Crippen LogP contribution is -2.29. The number of hydrogen-bond donors (Lipinski definition) is 4. The Bertz CT molecular complexity index is 800. The van der Waals surface area contributed by atoms with Crippen LogP contribution in [0.3, 0.4) is 0 Å². The number of rotatable bonds is 8. The Morgan fingerprint density at radius 1 is 1.10 bits per heavy atom. The summed E-state index contributed by atoms with van der Waals surface area (Å²) in [6.07, 6.45) is -8.72. The minimum Gasteiger partial charge on any atom is -0.507 e. The Labute approximate surface area is 164 Å². The predicted octanol–water partition coefficient (Wildman–Crippen LogP) is 3.00. The van der Waals surface area contributed by atoms with Gasteiger partial charge in [-0.25, -0.2) is 4.79 Å². The van der Waals surface area contributed by atoms with Crippen molar-refractivity contribution in [2.75, 3.05) is 6.54 Å². The lowest BCUT2D eigenvalue weighted by molar-refractivity contribution is -0.274. The quantitative estimate of drug-likeness (QED) is 0.528. The van der Waals surface area contributed by atoms with Crippen LogP contribution in [0, 0.1) is 0 Å². The van der Waals surface area contributed by atoms with Crippen molar-refractivity contribution in [3.8, 4) is 11.5 Å². The standard InChI is InChI=1S/C19H20F3NO6/c20-19(21,22)29-13-6-7-14(16(25)10-13)17(26)15(24)8-9-23-18(27)28-11-12-4-2-1-3-5-12/h1-7,10,15,17,24-26H,8-9,11H2,(H,23,27). The number of aliphatic hydroxyl groups is 2. The molecule has 158 valence electrons. The van der Waals surface area contributed by atoms with E-state index >= 15 is 0 Å². The normalized spacial score (nSPS) is 13.4. The first-order chi connectivity index (χ1) is 13.7. The number of phenolic OH excluding ortho intramolecular Hbond substituents is 1. The lowest BCUT2D eigenvalue weighted by Gasteiger charge is -2.20. The number of aromatic hydroxyl groups is 1. The van der Waals surface area contributed by atoms with Crippen molar-refractivity contribution < 1.29 is 42.8 Å². The van der Waals surface area contributed by atoms with E-state index in [1.807, 2.05) is 6.07 Å². The zero-order chi connectivity index (χ0) is 21.4. The molecule has 0 fully saturated rings. The lowest BCUT2D eigenvalue weighted by atomic mass is 10.0. The molecule has 2 atom stereocenters. The minimum atomic E-state index is -4.92. The van der Waals surface area contributed by atoms with Crippen molar-refractivity contribution in [3.63, 3.8) is 0 Å². The zero-order valence-electron chi connectivity index (χ0n) is 15.1. The summed E-state index contributed by atoms with van der Waals surface area (Å²) >= 11 is 0. The average molecular weight is 415 g/mol. The highest BCUT2D eigenvalue weighted by atomic mass is 19.4. The van der Waals surface area contributed by atoms with Gasteiger partial charge in [0, 0.05) is 18.2 Å². The topological polar surface area (TPSA) is 108 Å². The van der Waals surface area contributed by atoms with Gasteiger partial charge < -0.3 is 30.1 Å². The Balaban J connectivity index is 1.79. The maximum atomic E-state index is 12.2. The van der Waals surface area contributed by atoms with E-state index in [0.29, 0.717) is 6.07 Å². The Morgan fingerprint density at radius 2 is 1.79 bits per heavy atom. The van der Waals surface area contributed by atoms with Crippen LogP contribution in [-0.4, -0.2) is 40.4 Å². The minimum absolute atomic E-state index is 0.0398. The van der Waals surface area contributed by atoms with Crippen LogP contribution in [0.25, 0.3) is 0 Å². The van der Waals surface area contributed by atoms with Crippen LogP contribution >= 0.6 is 0 Å². The average Bonchev–Trinajstić information content (AvgIpc) is 2.65. The zero-order valence-corrected chi connectivity index (χ0v) is 15.1. The second-order valence-corrected chi connectivity index (χ2v) is 6.06.